The topological polar surface area (TPSA) is 60.7 Å². The molecule has 3 nitrogen and oxygen atoms in total. The summed E-state index contributed by atoms with van der Waals surface area (Å²) in [5.74, 6) is -0.641. The van der Waals surface area contributed by atoms with Gasteiger partial charge in [-0.2, -0.15) is 0 Å². The Bertz CT molecular complexity index is 3110. The molecule has 0 aliphatic rings. The molecule has 0 spiro atoms. The van der Waals surface area contributed by atoms with Crippen LogP contribution in [0.4, 0.5) is 0 Å². The third-order valence-electron chi connectivity index (χ3n) is 12.3. The minimum Gasteiger partial charge on any atom is -0.504 e. The highest BCUT2D eigenvalue weighted by atomic mass is 16.3. The van der Waals surface area contributed by atoms with Gasteiger partial charge in [0.05, 0.1) is 6.61 Å². The molecule has 0 aliphatic heterocycles. The molecule has 324 valence electrons. The predicted molar refractivity (Wildman–Crippen MR) is 281 cm³/mol. The number of fused-ring (bicyclic) bond motifs is 2. The Morgan fingerprint density at radius 3 is 1.98 bits per heavy atom. The van der Waals surface area contributed by atoms with Gasteiger partial charge in [-0.15, -0.1) is 0 Å². The quantitative estimate of drug-likeness (QED) is 0.0580. The van der Waals surface area contributed by atoms with Crippen LogP contribution < -0.4 is 0 Å². The molecule has 7 aromatic rings. The average molecular weight is 851 g/mol. The van der Waals surface area contributed by atoms with Gasteiger partial charge in [-0.1, -0.05) is 202 Å². The lowest BCUT2D eigenvalue weighted by Gasteiger charge is -2.23. The van der Waals surface area contributed by atoms with E-state index in [0.717, 1.165) is 67.3 Å². The van der Waals surface area contributed by atoms with Crippen molar-refractivity contribution in [3.05, 3.63) is 244 Å². The number of benzene rings is 7. The summed E-state index contributed by atoms with van der Waals surface area (Å²) in [6.07, 6.45) is 17.9. The van der Waals surface area contributed by atoms with Gasteiger partial charge in [0.2, 0.25) is 0 Å². The Morgan fingerprint density at radius 2 is 1.29 bits per heavy atom. The Kier molecular flexibility index (Phi) is 14.6. The smallest absolute Gasteiger partial charge is 0.161 e. The molecule has 0 atom stereocenters. The third-order valence-corrected chi connectivity index (χ3v) is 12.3. The van der Waals surface area contributed by atoms with Crippen LogP contribution in [0.2, 0.25) is 0 Å². The highest BCUT2D eigenvalue weighted by molar-refractivity contribution is 6.10. The van der Waals surface area contributed by atoms with Gasteiger partial charge in [-0.05, 0) is 146 Å². The van der Waals surface area contributed by atoms with E-state index >= 15 is 0 Å². The van der Waals surface area contributed by atoms with E-state index in [9.17, 15) is 15.3 Å². The van der Waals surface area contributed by atoms with E-state index in [1.165, 1.54) is 33.0 Å². The van der Waals surface area contributed by atoms with Crippen LogP contribution in [0.25, 0.3) is 72.7 Å². The van der Waals surface area contributed by atoms with Gasteiger partial charge in [0.15, 0.2) is 11.5 Å². The Morgan fingerprint density at radius 1 is 0.631 bits per heavy atom. The number of hydrogen-bond acceptors (Lipinski definition) is 3. The number of allylic oxidation sites excluding steroid dienone is 10. The van der Waals surface area contributed by atoms with Crippen molar-refractivity contribution in [3.63, 3.8) is 0 Å². The Labute approximate surface area is 385 Å². The molecule has 0 saturated heterocycles. The monoisotopic (exact) mass is 850 g/mol. The zero-order valence-corrected chi connectivity index (χ0v) is 38.4. The maximum Gasteiger partial charge on any atom is 0.161 e. The fraction of sp³-hybridized carbons (Fsp3) is 0.129. The molecular weight excluding hydrogens is 793 g/mol. The van der Waals surface area contributed by atoms with Crippen LogP contribution >= 0.6 is 0 Å². The van der Waals surface area contributed by atoms with Crippen molar-refractivity contribution >= 4 is 50.4 Å². The molecule has 0 fully saturated rings. The summed E-state index contributed by atoms with van der Waals surface area (Å²) >= 11 is 0. The van der Waals surface area contributed by atoms with Crippen LogP contribution in [0.5, 0.6) is 0 Å². The fourth-order valence-corrected chi connectivity index (χ4v) is 8.70. The molecule has 0 unspecified atom stereocenters. The average Bonchev–Trinajstić information content (AvgIpc) is 3.34. The van der Waals surface area contributed by atoms with Gasteiger partial charge in [-0.3, -0.25) is 0 Å². The van der Waals surface area contributed by atoms with Crippen molar-refractivity contribution in [1.29, 1.82) is 0 Å². The zero-order chi connectivity index (χ0) is 46.0. The number of rotatable bonds is 14. The lowest BCUT2D eigenvalue weighted by atomic mass is 9.80. The standard InChI is InChI=1S/C62H58O3/c1-8-22-47(26-14-11-15-30-54-53-29-19-17-27-49(53)37-38-55(54)52-28-18-16-23-41(52)3)48-33-35-50(36-34-48)60-51(9-2)58(39-42(4)46-24-12-10-13-25-46)59(56-31-20-21-32-57(56)60)44(6)45(7)62(65)61(64)43(5)40-63/h8,10-39,63-65H,6,9,40H2,1-5,7H3/b14-11+,22-8-,30-15+,42-39+,47-26+,61-43+,62-45+. The van der Waals surface area contributed by atoms with Crippen LogP contribution in [0, 0.1) is 6.92 Å². The lowest BCUT2D eigenvalue weighted by Crippen LogP contribution is -2.04. The van der Waals surface area contributed by atoms with E-state index in [2.05, 4.69) is 191 Å². The third kappa shape index (κ3) is 9.72. The van der Waals surface area contributed by atoms with Crippen LogP contribution in [-0.2, 0) is 6.42 Å². The second-order valence-corrected chi connectivity index (χ2v) is 16.5. The summed E-state index contributed by atoms with van der Waals surface area (Å²) in [5, 5.41) is 36.4. The predicted octanol–water partition coefficient (Wildman–Crippen LogP) is 16.7. The van der Waals surface area contributed by atoms with E-state index in [1.54, 1.807) is 13.8 Å². The van der Waals surface area contributed by atoms with Crippen molar-refractivity contribution in [2.75, 3.05) is 6.61 Å². The van der Waals surface area contributed by atoms with E-state index in [4.69, 9.17) is 0 Å². The normalized spacial score (nSPS) is 13.3. The number of aliphatic hydroxyl groups is 3. The molecule has 0 bridgehead atoms. The van der Waals surface area contributed by atoms with Crippen LogP contribution in [0.1, 0.15) is 73.6 Å². The minimum atomic E-state index is -0.376. The minimum absolute atomic E-state index is 0.275. The molecule has 3 heteroatoms. The van der Waals surface area contributed by atoms with E-state index in [0.29, 0.717) is 11.1 Å². The summed E-state index contributed by atoms with van der Waals surface area (Å²) < 4.78 is 0. The van der Waals surface area contributed by atoms with Crippen LogP contribution in [-0.4, -0.2) is 21.9 Å². The first-order valence-corrected chi connectivity index (χ1v) is 22.3. The van der Waals surface area contributed by atoms with Gasteiger partial charge >= 0.3 is 0 Å². The van der Waals surface area contributed by atoms with Gasteiger partial charge in [0.25, 0.3) is 0 Å². The van der Waals surface area contributed by atoms with Gasteiger partial charge in [0.1, 0.15) is 0 Å². The maximum atomic E-state index is 11.3. The Hall–Kier alpha value is -7.46. The van der Waals surface area contributed by atoms with Gasteiger partial charge < -0.3 is 15.3 Å². The highest BCUT2D eigenvalue weighted by Gasteiger charge is 2.23. The van der Waals surface area contributed by atoms with E-state index < -0.39 is 0 Å². The Balaban J connectivity index is 1.31. The molecule has 0 aromatic heterocycles. The molecule has 0 saturated carbocycles. The molecule has 65 heavy (non-hydrogen) atoms. The molecule has 0 heterocycles. The first-order chi connectivity index (χ1) is 31.6. The lowest BCUT2D eigenvalue weighted by molar-refractivity contribution is 0.291. The van der Waals surface area contributed by atoms with Crippen LogP contribution in [0.3, 0.4) is 0 Å². The van der Waals surface area contributed by atoms with Crippen molar-refractivity contribution in [1.82, 2.24) is 0 Å². The second kappa shape index (κ2) is 20.8. The van der Waals surface area contributed by atoms with E-state index in [-0.39, 0.29) is 23.7 Å². The molecular formula is C62H58O3. The highest BCUT2D eigenvalue weighted by Crippen LogP contribution is 2.44. The fourth-order valence-electron chi connectivity index (χ4n) is 8.70. The largest absolute Gasteiger partial charge is 0.504 e. The molecule has 3 N–H and O–H groups in total. The van der Waals surface area contributed by atoms with Crippen LogP contribution in [0.15, 0.2) is 205 Å². The molecule has 7 aromatic carbocycles. The number of hydrogen-bond donors (Lipinski definition) is 3. The molecule has 0 amide bonds. The summed E-state index contributed by atoms with van der Waals surface area (Å²) in [7, 11) is 0. The van der Waals surface area contributed by atoms with Crippen molar-refractivity contribution < 1.29 is 15.3 Å². The number of aliphatic hydroxyl groups excluding tert-OH is 3. The van der Waals surface area contributed by atoms with Gasteiger partial charge in [0, 0.05) is 5.57 Å². The number of aryl methyl sites for hydroxylation is 1. The summed E-state index contributed by atoms with van der Waals surface area (Å²) in [4.78, 5) is 0. The molecule has 0 radical (unpaired) electrons. The molecule has 7 rings (SSSR count). The van der Waals surface area contributed by atoms with Crippen molar-refractivity contribution in [2.24, 2.45) is 0 Å². The summed E-state index contributed by atoms with van der Waals surface area (Å²) in [6.45, 7) is 16.0. The first kappa shape index (κ1) is 45.6. The van der Waals surface area contributed by atoms with Crippen molar-refractivity contribution in [3.8, 4) is 22.3 Å². The van der Waals surface area contributed by atoms with E-state index in [1.807, 2.05) is 31.2 Å². The zero-order valence-electron chi connectivity index (χ0n) is 38.4. The van der Waals surface area contributed by atoms with Gasteiger partial charge in [-0.25, -0.2) is 0 Å². The summed E-state index contributed by atoms with van der Waals surface area (Å²) in [6, 6.07) is 49.1. The second-order valence-electron chi connectivity index (χ2n) is 16.5. The maximum absolute atomic E-state index is 11.3. The SMILES string of the molecule is C=C(/C(C)=C(O)\C(O)=C(\C)CO)c1c(/C=C(\C)c2ccccc2)c(CC)c(-c2ccc(C(/C=C\C)=C/C=C/C=C/c3c(-c4ccccc4C)ccc4ccccc34)cc2)c2ccccc12. The molecule has 0 aliphatic carbocycles. The summed E-state index contributed by atoms with van der Waals surface area (Å²) in [5.41, 5.74) is 15.9. The van der Waals surface area contributed by atoms with Crippen molar-refractivity contribution in [2.45, 2.75) is 48.0 Å². The first-order valence-electron chi connectivity index (χ1n) is 22.3.